The summed E-state index contributed by atoms with van der Waals surface area (Å²) in [7, 11) is 0. The number of hydrogen-bond acceptors (Lipinski definition) is 8. The molecule has 0 bridgehead atoms. The van der Waals surface area contributed by atoms with Crippen LogP contribution in [0.1, 0.15) is 47.5 Å². The van der Waals surface area contributed by atoms with E-state index in [1.54, 1.807) is 14.7 Å². The summed E-state index contributed by atoms with van der Waals surface area (Å²) < 4.78 is 0. The number of nitrogens with zero attached hydrogens (tertiary/aromatic N) is 4. The van der Waals surface area contributed by atoms with Gasteiger partial charge in [-0.3, -0.25) is 33.9 Å². The molecule has 11 heteroatoms. The van der Waals surface area contributed by atoms with Crippen molar-refractivity contribution in [3.63, 3.8) is 0 Å². The predicted molar refractivity (Wildman–Crippen MR) is 131 cm³/mol. The Balaban J connectivity index is 0. The SMILES string of the molecule is CC.CC(=O)CN(CCCN1CCN(CC(=O)O)CCN(CC(=O)O)CC1)CC(=O)O.CCC. The number of carboxylic acid groups (broad SMARTS) is 3. The van der Waals surface area contributed by atoms with Crippen LogP contribution in [0.4, 0.5) is 0 Å². The van der Waals surface area contributed by atoms with Gasteiger partial charge in [0.25, 0.3) is 0 Å². The molecule has 1 fully saturated rings. The van der Waals surface area contributed by atoms with Gasteiger partial charge in [-0.1, -0.05) is 34.1 Å². The highest BCUT2D eigenvalue weighted by Crippen LogP contribution is 2.03. The number of rotatable bonds is 12. The van der Waals surface area contributed by atoms with Gasteiger partial charge in [0, 0.05) is 45.8 Å². The van der Waals surface area contributed by atoms with Crippen molar-refractivity contribution in [1.29, 1.82) is 0 Å². The Hall–Kier alpha value is -2.08. The van der Waals surface area contributed by atoms with Crippen molar-refractivity contribution in [3.05, 3.63) is 0 Å². The van der Waals surface area contributed by atoms with E-state index in [1.807, 2.05) is 13.8 Å². The average Bonchev–Trinajstić information content (AvgIpc) is 2.81. The van der Waals surface area contributed by atoms with E-state index in [1.165, 1.54) is 13.3 Å². The number of aliphatic carboxylic acids is 3. The molecule has 1 aliphatic rings. The van der Waals surface area contributed by atoms with Gasteiger partial charge < -0.3 is 20.2 Å². The zero-order chi connectivity index (χ0) is 26.5. The van der Waals surface area contributed by atoms with Gasteiger partial charge in [0.1, 0.15) is 5.78 Å². The van der Waals surface area contributed by atoms with Gasteiger partial charge in [0.2, 0.25) is 0 Å². The van der Waals surface area contributed by atoms with Crippen molar-refractivity contribution in [1.82, 2.24) is 19.6 Å². The van der Waals surface area contributed by atoms with E-state index in [0.29, 0.717) is 58.8 Å². The Kier molecular flexibility index (Phi) is 21.5. The fourth-order valence-electron chi connectivity index (χ4n) is 3.34. The number of Topliss-reactive ketones (excluding diaryl/α,β-unsaturated/α-hetero) is 1. The van der Waals surface area contributed by atoms with Crippen LogP contribution < -0.4 is 0 Å². The van der Waals surface area contributed by atoms with Crippen LogP contribution in [-0.4, -0.2) is 137 Å². The van der Waals surface area contributed by atoms with Crippen molar-refractivity contribution >= 4 is 23.7 Å². The van der Waals surface area contributed by atoms with Crippen LogP contribution in [-0.2, 0) is 19.2 Å². The van der Waals surface area contributed by atoms with E-state index in [4.69, 9.17) is 15.3 Å². The van der Waals surface area contributed by atoms with Gasteiger partial charge >= 0.3 is 17.9 Å². The van der Waals surface area contributed by atoms with Gasteiger partial charge in [-0.05, 0) is 19.9 Å². The molecule has 0 aliphatic carbocycles. The molecule has 0 amide bonds. The molecule has 0 saturated carbocycles. The molecule has 200 valence electrons. The highest BCUT2D eigenvalue weighted by molar-refractivity contribution is 5.78. The normalized spacial score (nSPS) is 15.6. The summed E-state index contributed by atoms with van der Waals surface area (Å²) in [6, 6.07) is 0. The van der Waals surface area contributed by atoms with E-state index in [9.17, 15) is 19.2 Å². The number of carbonyl (C=O) groups is 4. The molecule has 3 N–H and O–H groups in total. The highest BCUT2D eigenvalue weighted by atomic mass is 16.4. The van der Waals surface area contributed by atoms with Gasteiger partial charge in [0.05, 0.1) is 26.2 Å². The Labute approximate surface area is 204 Å². The quantitative estimate of drug-likeness (QED) is 0.359. The van der Waals surface area contributed by atoms with Crippen LogP contribution in [0.15, 0.2) is 0 Å². The molecule has 1 rings (SSSR count). The molecule has 0 aromatic heterocycles. The summed E-state index contributed by atoms with van der Waals surface area (Å²) >= 11 is 0. The molecule has 1 heterocycles. The Morgan fingerprint density at radius 2 is 1.09 bits per heavy atom. The lowest BCUT2D eigenvalue weighted by atomic mass is 10.3. The maximum atomic E-state index is 11.3. The minimum atomic E-state index is -0.984. The molecule has 0 atom stereocenters. The van der Waals surface area contributed by atoms with Crippen LogP contribution in [0.2, 0.25) is 0 Å². The molecular weight excluding hydrogens is 444 g/mol. The lowest BCUT2D eigenvalue weighted by Gasteiger charge is -2.26. The second-order valence-electron chi connectivity index (χ2n) is 8.05. The van der Waals surface area contributed by atoms with Crippen molar-refractivity contribution in [3.8, 4) is 0 Å². The lowest BCUT2D eigenvalue weighted by molar-refractivity contribution is -0.140. The first-order valence-corrected chi connectivity index (χ1v) is 12.1. The van der Waals surface area contributed by atoms with E-state index in [0.717, 1.165) is 0 Å². The van der Waals surface area contributed by atoms with Crippen molar-refractivity contribution in [2.45, 2.75) is 47.5 Å². The van der Waals surface area contributed by atoms with E-state index < -0.39 is 17.9 Å². The second-order valence-corrected chi connectivity index (χ2v) is 8.05. The molecular formula is C23H46N4O7. The van der Waals surface area contributed by atoms with Crippen LogP contribution >= 0.6 is 0 Å². The lowest BCUT2D eigenvalue weighted by Crippen LogP contribution is -2.40. The summed E-state index contributed by atoms with van der Waals surface area (Å²) in [5.41, 5.74) is 0. The van der Waals surface area contributed by atoms with Gasteiger partial charge in [-0.15, -0.1) is 0 Å². The largest absolute Gasteiger partial charge is 0.480 e. The van der Waals surface area contributed by atoms with Crippen LogP contribution in [0.3, 0.4) is 0 Å². The van der Waals surface area contributed by atoms with Crippen molar-refractivity contribution in [2.24, 2.45) is 0 Å². The number of ketones is 1. The Morgan fingerprint density at radius 1 is 0.706 bits per heavy atom. The molecule has 0 radical (unpaired) electrons. The third kappa shape index (κ3) is 20.5. The molecule has 34 heavy (non-hydrogen) atoms. The second kappa shape index (κ2) is 21.5. The molecule has 1 aliphatic heterocycles. The third-order valence-corrected chi connectivity index (χ3v) is 4.67. The zero-order valence-corrected chi connectivity index (χ0v) is 21.7. The first kappa shape index (κ1) is 34.1. The van der Waals surface area contributed by atoms with Gasteiger partial charge in [0.15, 0.2) is 0 Å². The van der Waals surface area contributed by atoms with Gasteiger partial charge in [-0.2, -0.15) is 0 Å². The smallest absolute Gasteiger partial charge is 0.317 e. The molecule has 1 saturated heterocycles. The van der Waals surface area contributed by atoms with Crippen LogP contribution in [0.25, 0.3) is 0 Å². The fourth-order valence-corrected chi connectivity index (χ4v) is 3.34. The Morgan fingerprint density at radius 3 is 1.41 bits per heavy atom. The Bertz CT molecular complexity index is 546. The summed E-state index contributed by atoms with van der Waals surface area (Å²) in [5, 5.41) is 27.1. The minimum absolute atomic E-state index is 0.0884. The van der Waals surface area contributed by atoms with Crippen molar-refractivity contribution < 1.29 is 34.5 Å². The zero-order valence-electron chi connectivity index (χ0n) is 21.7. The summed E-state index contributed by atoms with van der Waals surface area (Å²) in [5.74, 6) is -2.92. The first-order chi connectivity index (χ1) is 16.1. The molecule has 0 unspecified atom stereocenters. The molecule has 0 spiro atoms. The topological polar surface area (TPSA) is 142 Å². The van der Waals surface area contributed by atoms with E-state index >= 15 is 0 Å². The van der Waals surface area contributed by atoms with E-state index in [2.05, 4.69) is 18.7 Å². The fraction of sp³-hybridized carbons (Fsp3) is 0.826. The van der Waals surface area contributed by atoms with Crippen LogP contribution in [0, 0.1) is 0 Å². The number of hydrogen-bond donors (Lipinski definition) is 3. The molecule has 0 aromatic rings. The molecule has 0 aromatic carbocycles. The minimum Gasteiger partial charge on any atom is -0.480 e. The monoisotopic (exact) mass is 490 g/mol. The third-order valence-electron chi connectivity index (χ3n) is 4.67. The standard InChI is InChI=1S/C18H32N4O7.C3H8.C2H6/c1-15(23)11-22(14-18(28)29)4-2-3-19-5-7-20(12-16(24)25)9-10-21(8-6-19)13-17(26)27;1-3-2;1-2/h2-14H2,1H3,(H,24,25)(H,26,27)(H,28,29);3H2,1-2H3;1-2H3. The van der Waals surface area contributed by atoms with Crippen molar-refractivity contribution in [2.75, 3.05) is 78.5 Å². The number of carbonyl (C=O) groups excluding carboxylic acids is 1. The maximum Gasteiger partial charge on any atom is 0.317 e. The summed E-state index contributed by atoms with van der Waals surface area (Å²) in [6.45, 7) is 13.8. The molecule has 11 nitrogen and oxygen atoms in total. The van der Waals surface area contributed by atoms with E-state index in [-0.39, 0.29) is 32.0 Å². The van der Waals surface area contributed by atoms with Crippen LogP contribution in [0.5, 0.6) is 0 Å². The first-order valence-electron chi connectivity index (χ1n) is 12.1. The van der Waals surface area contributed by atoms with Gasteiger partial charge in [-0.25, -0.2) is 0 Å². The summed E-state index contributed by atoms with van der Waals surface area (Å²) in [6.07, 6.45) is 1.90. The number of carboxylic acids is 3. The highest BCUT2D eigenvalue weighted by Gasteiger charge is 2.19. The summed E-state index contributed by atoms with van der Waals surface area (Å²) in [4.78, 5) is 51.7. The average molecular weight is 491 g/mol. The predicted octanol–water partition coefficient (Wildman–Crippen LogP) is 0.883. The maximum absolute atomic E-state index is 11.3.